The third-order valence-corrected chi connectivity index (χ3v) is 3.24. The summed E-state index contributed by atoms with van der Waals surface area (Å²) in [6.45, 7) is 4.85. The zero-order valence-electron chi connectivity index (χ0n) is 12.0. The number of aromatic nitrogens is 1. The molecule has 0 aliphatic carbocycles. The van der Waals surface area contributed by atoms with E-state index < -0.39 is 0 Å². The first-order valence-electron chi connectivity index (χ1n) is 7.00. The van der Waals surface area contributed by atoms with Gasteiger partial charge >= 0.3 is 0 Å². The molecule has 0 fully saturated rings. The zero-order valence-corrected chi connectivity index (χ0v) is 12.0. The van der Waals surface area contributed by atoms with Crippen LogP contribution in [0.25, 0.3) is 0 Å². The Bertz CT molecular complexity index is 584. The average Bonchev–Trinajstić information content (AvgIpc) is 2.82. The molecular weight excluding hydrogens is 250 g/mol. The summed E-state index contributed by atoms with van der Waals surface area (Å²) in [5.74, 6) is -0.133. The maximum absolute atomic E-state index is 12.2. The molecule has 3 N–H and O–H groups in total. The van der Waals surface area contributed by atoms with Crippen LogP contribution < -0.4 is 11.1 Å². The Kier molecular flexibility index (Phi) is 4.45. The number of benzene rings is 1. The highest BCUT2D eigenvalue weighted by atomic mass is 16.1. The second-order valence-electron chi connectivity index (χ2n) is 4.85. The van der Waals surface area contributed by atoms with E-state index in [1.807, 2.05) is 35.8 Å². The first-order valence-corrected chi connectivity index (χ1v) is 7.00. The van der Waals surface area contributed by atoms with Gasteiger partial charge in [-0.1, -0.05) is 25.5 Å². The van der Waals surface area contributed by atoms with Crippen LogP contribution in [0.15, 0.2) is 36.5 Å². The highest BCUT2D eigenvalue weighted by molar-refractivity contribution is 6.03. The number of nitrogens with one attached hydrogen (secondary N) is 1. The smallest absolute Gasteiger partial charge is 0.272 e. The van der Waals surface area contributed by atoms with E-state index in [1.165, 1.54) is 5.56 Å². The van der Waals surface area contributed by atoms with Crippen LogP contribution in [0.2, 0.25) is 0 Å². The molecular formula is C16H21N3O. The lowest BCUT2D eigenvalue weighted by Crippen LogP contribution is -2.16. The Morgan fingerprint density at radius 2 is 1.95 bits per heavy atom. The van der Waals surface area contributed by atoms with Crippen molar-refractivity contribution in [1.29, 1.82) is 0 Å². The second-order valence-corrected chi connectivity index (χ2v) is 4.85. The lowest BCUT2D eigenvalue weighted by atomic mass is 10.1. The Labute approximate surface area is 119 Å². The van der Waals surface area contributed by atoms with E-state index in [2.05, 4.69) is 12.2 Å². The molecule has 20 heavy (non-hydrogen) atoms. The van der Waals surface area contributed by atoms with Gasteiger partial charge in [0.05, 0.1) is 5.69 Å². The molecule has 0 spiro atoms. The van der Waals surface area contributed by atoms with Crippen LogP contribution >= 0.6 is 0 Å². The van der Waals surface area contributed by atoms with E-state index in [-0.39, 0.29) is 5.91 Å². The maximum atomic E-state index is 12.2. The average molecular weight is 271 g/mol. The molecule has 2 aromatic rings. The normalized spacial score (nSPS) is 10.5. The number of carbonyl (C=O) groups is 1. The topological polar surface area (TPSA) is 60.1 Å². The van der Waals surface area contributed by atoms with Gasteiger partial charge in [-0.05, 0) is 37.1 Å². The number of nitrogens with zero attached hydrogens (tertiary/aromatic N) is 1. The van der Waals surface area contributed by atoms with Crippen molar-refractivity contribution in [3.63, 3.8) is 0 Å². The van der Waals surface area contributed by atoms with Gasteiger partial charge in [0, 0.05) is 18.4 Å². The number of nitrogen functional groups attached to an aromatic ring is 1. The number of hydrogen-bond donors (Lipinski definition) is 2. The molecule has 2 rings (SSSR count). The monoisotopic (exact) mass is 271 g/mol. The molecule has 0 radical (unpaired) electrons. The number of anilines is 2. The Balaban J connectivity index is 2.10. The fraction of sp³-hybridized carbons (Fsp3) is 0.312. The van der Waals surface area contributed by atoms with E-state index in [4.69, 9.17) is 5.73 Å². The van der Waals surface area contributed by atoms with Crippen LogP contribution in [-0.2, 0) is 13.0 Å². The predicted molar refractivity (Wildman–Crippen MR) is 82.9 cm³/mol. The summed E-state index contributed by atoms with van der Waals surface area (Å²) in [7, 11) is 0. The quantitative estimate of drug-likeness (QED) is 0.876. The first kappa shape index (κ1) is 14.2. The molecule has 1 amide bonds. The highest BCUT2D eigenvalue weighted by Crippen LogP contribution is 2.15. The van der Waals surface area contributed by atoms with Crippen molar-refractivity contribution >= 4 is 17.3 Å². The highest BCUT2D eigenvalue weighted by Gasteiger charge is 2.12. The minimum absolute atomic E-state index is 0.133. The van der Waals surface area contributed by atoms with Crippen LogP contribution in [0.4, 0.5) is 11.4 Å². The van der Waals surface area contributed by atoms with Gasteiger partial charge in [0.15, 0.2) is 0 Å². The van der Waals surface area contributed by atoms with Crippen LogP contribution in [0, 0.1) is 0 Å². The number of rotatable bonds is 5. The van der Waals surface area contributed by atoms with Crippen LogP contribution in [0.3, 0.4) is 0 Å². The van der Waals surface area contributed by atoms with Crippen molar-refractivity contribution in [1.82, 2.24) is 4.57 Å². The molecule has 0 aliphatic rings. The van der Waals surface area contributed by atoms with Gasteiger partial charge in [-0.2, -0.15) is 0 Å². The lowest BCUT2D eigenvalue weighted by molar-refractivity contribution is 0.101. The van der Waals surface area contributed by atoms with Gasteiger partial charge in [-0.25, -0.2) is 0 Å². The molecule has 1 aromatic carbocycles. The molecule has 0 unspecified atom stereocenters. The molecule has 0 bridgehead atoms. The minimum atomic E-state index is -0.133. The summed E-state index contributed by atoms with van der Waals surface area (Å²) in [5.41, 5.74) is 9.02. The molecule has 0 saturated heterocycles. The van der Waals surface area contributed by atoms with Gasteiger partial charge < -0.3 is 15.6 Å². The summed E-state index contributed by atoms with van der Waals surface area (Å²) in [4.78, 5) is 12.2. The molecule has 1 heterocycles. The van der Waals surface area contributed by atoms with Gasteiger partial charge in [-0.15, -0.1) is 0 Å². The predicted octanol–water partition coefficient (Wildman–Crippen LogP) is 3.30. The fourth-order valence-electron chi connectivity index (χ4n) is 2.22. The molecule has 0 atom stereocenters. The molecule has 0 aliphatic heterocycles. The Hall–Kier alpha value is -2.23. The number of amides is 1. The van der Waals surface area contributed by atoms with Crippen LogP contribution in [-0.4, -0.2) is 10.5 Å². The molecule has 4 heteroatoms. The summed E-state index contributed by atoms with van der Waals surface area (Å²) in [5, 5.41) is 2.90. The summed E-state index contributed by atoms with van der Waals surface area (Å²) in [6, 6.07) is 9.67. The Morgan fingerprint density at radius 1 is 1.25 bits per heavy atom. The van der Waals surface area contributed by atoms with Crippen molar-refractivity contribution in [2.75, 3.05) is 11.1 Å². The molecule has 4 nitrogen and oxygen atoms in total. The van der Waals surface area contributed by atoms with Crippen molar-refractivity contribution in [3.8, 4) is 0 Å². The van der Waals surface area contributed by atoms with Gasteiger partial charge in [0.25, 0.3) is 5.91 Å². The van der Waals surface area contributed by atoms with E-state index in [9.17, 15) is 4.79 Å². The summed E-state index contributed by atoms with van der Waals surface area (Å²) >= 11 is 0. The molecule has 0 saturated carbocycles. The van der Waals surface area contributed by atoms with E-state index in [0.29, 0.717) is 11.4 Å². The lowest BCUT2D eigenvalue weighted by Gasteiger charge is -2.08. The van der Waals surface area contributed by atoms with Crippen LogP contribution in [0.5, 0.6) is 0 Å². The van der Waals surface area contributed by atoms with Crippen molar-refractivity contribution in [2.45, 2.75) is 33.2 Å². The Morgan fingerprint density at radius 3 is 2.55 bits per heavy atom. The number of hydrogen-bond acceptors (Lipinski definition) is 2. The number of carbonyl (C=O) groups excluding carboxylic acids is 1. The standard InChI is InChI=1S/C16H21N3O/c1-3-5-12-6-8-14(9-7-12)18-16(20)15-10-13(17)11-19(15)4-2/h6-11H,3-5,17H2,1-2H3,(H,18,20). The second kappa shape index (κ2) is 6.28. The van der Waals surface area contributed by atoms with E-state index in [1.54, 1.807) is 12.3 Å². The maximum Gasteiger partial charge on any atom is 0.272 e. The summed E-state index contributed by atoms with van der Waals surface area (Å²) in [6.07, 6.45) is 3.96. The SMILES string of the molecule is CCCc1ccc(NC(=O)c2cc(N)cn2CC)cc1. The van der Waals surface area contributed by atoms with Gasteiger partial charge in [0.1, 0.15) is 5.69 Å². The van der Waals surface area contributed by atoms with Gasteiger partial charge in [0.2, 0.25) is 0 Å². The third-order valence-electron chi connectivity index (χ3n) is 3.24. The fourth-order valence-corrected chi connectivity index (χ4v) is 2.22. The summed E-state index contributed by atoms with van der Waals surface area (Å²) < 4.78 is 1.84. The number of nitrogens with two attached hydrogens (primary N) is 1. The van der Waals surface area contributed by atoms with E-state index >= 15 is 0 Å². The van der Waals surface area contributed by atoms with E-state index in [0.717, 1.165) is 25.1 Å². The number of aryl methyl sites for hydroxylation is 2. The van der Waals surface area contributed by atoms with Crippen LogP contribution in [0.1, 0.15) is 36.3 Å². The van der Waals surface area contributed by atoms with Gasteiger partial charge in [-0.3, -0.25) is 4.79 Å². The largest absolute Gasteiger partial charge is 0.397 e. The molecule has 106 valence electrons. The van der Waals surface area contributed by atoms with Crippen molar-refractivity contribution < 1.29 is 4.79 Å². The zero-order chi connectivity index (χ0) is 14.5. The first-order chi connectivity index (χ1) is 9.63. The molecule has 1 aromatic heterocycles. The van der Waals surface area contributed by atoms with Crippen molar-refractivity contribution in [3.05, 3.63) is 47.8 Å². The third kappa shape index (κ3) is 3.20. The van der Waals surface area contributed by atoms with Crippen molar-refractivity contribution in [2.24, 2.45) is 0 Å². The minimum Gasteiger partial charge on any atom is -0.397 e.